The number of rotatable bonds is 4. The van der Waals surface area contributed by atoms with E-state index in [0.29, 0.717) is 6.04 Å². The van der Waals surface area contributed by atoms with E-state index in [1.807, 2.05) is 23.2 Å². The van der Waals surface area contributed by atoms with Gasteiger partial charge in [0.1, 0.15) is 11.8 Å². The standard InChI is InChI=1S/C16H19N7/c1-2-22-11-20-14-15(18-10-19-16(14)22)21-12-5-7-23(9-12)13-4-3-6-17-8-13/h3-4,6,8,10-12H,2,5,7,9H2,1H3,(H,18,19,21). The minimum atomic E-state index is 0.347. The highest BCUT2D eigenvalue weighted by molar-refractivity contribution is 5.82. The van der Waals surface area contributed by atoms with Crippen molar-refractivity contribution < 1.29 is 0 Å². The molecule has 1 atom stereocenters. The molecule has 0 amide bonds. The van der Waals surface area contributed by atoms with Crippen LogP contribution >= 0.6 is 0 Å². The van der Waals surface area contributed by atoms with Crippen LogP contribution in [0, 0.1) is 0 Å². The van der Waals surface area contributed by atoms with Crippen molar-refractivity contribution in [3.8, 4) is 0 Å². The maximum atomic E-state index is 4.46. The van der Waals surface area contributed by atoms with Crippen LogP contribution in [-0.2, 0) is 6.54 Å². The highest BCUT2D eigenvalue weighted by Crippen LogP contribution is 2.23. The molecule has 118 valence electrons. The van der Waals surface area contributed by atoms with E-state index < -0.39 is 0 Å². The fraction of sp³-hybridized carbons (Fsp3) is 0.375. The zero-order valence-electron chi connectivity index (χ0n) is 13.1. The molecule has 23 heavy (non-hydrogen) atoms. The van der Waals surface area contributed by atoms with Gasteiger partial charge < -0.3 is 14.8 Å². The molecule has 0 aliphatic carbocycles. The van der Waals surface area contributed by atoms with Crippen molar-refractivity contribution in [3.05, 3.63) is 37.2 Å². The van der Waals surface area contributed by atoms with Gasteiger partial charge in [-0.15, -0.1) is 0 Å². The van der Waals surface area contributed by atoms with Crippen LogP contribution in [0.25, 0.3) is 11.2 Å². The molecule has 0 aromatic carbocycles. The van der Waals surface area contributed by atoms with Crippen LogP contribution in [0.2, 0.25) is 0 Å². The van der Waals surface area contributed by atoms with E-state index in [-0.39, 0.29) is 0 Å². The van der Waals surface area contributed by atoms with Crippen molar-refractivity contribution in [1.82, 2.24) is 24.5 Å². The number of pyridine rings is 1. The number of nitrogens with one attached hydrogen (secondary N) is 1. The van der Waals surface area contributed by atoms with E-state index in [9.17, 15) is 0 Å². The summed E-state index contributed by atoms with van der Waals surface area (Å²) in [5, 5.41) is 3.53. The van der Waals surface area contributed by atoms with Crippen LogP contribution in [0.4, 0.5) is 11.5 Å². The predicted molar refractivity (Wildman–Crippen MR) is 89.5 cm³/mol. The van der Waals surface area contributed by atoms with Gasteiger partial charge in [0.2, 0.25) is 0 Å². The molecule has 3 aromatic heterocycles. The zero-order chi connectivity index (χ0) is 15.6. The number of hydrogen-bond donors (Lipinski definition) is 1. The van der Waals surface area contributed by atoms with Crippen molar-refractivity contribution >= 4 is 22.7 Å². The number of fused-ring (bicyclic) bond motifs is 1. The lowest BCUT2D eigenvalue weighted by molar-refractivity contribution is 0.776. The molecule has 0 saturated carbocycles. The Balaban J connectivity index is 1.52. The summed E-state index contributed by atoms with van der Waals surface area (Å²) in [6.07, 6.45) is 8.20. The van der Waals surface area contributed by atoms with Crippen LogP contribution in [0.5, 0.6) is 0 Å². The molecule has 0 spiro atoms. The third-order valence-corrected chi connectivity index (χ3v) is 4.28. The monoisotopic (exact) mass is 309 g/mol. The Morgan fingerprint density at radius 3 is 3.09 bits per heavy atom. The molecule has 1 saturated heterocycles. The van der Waals surface area contributed by atoms with Crippen LogP contribution in [0.15, 0.2) is 37.2 Å². The summed E-state index contributed by atoms with van der Waals surface area (Å²) in [7, 11) is 0. The first-order chi connectivity index (χ1) is 11.3. The molecule has 1 fully saturated rings. The molecule has 1 unspecified atom stereocenters. The molecule has 1 N–H and O–H groups in total. The lowest BCUT2D eigenvalue weighted by Crippen LogP contribution is -2.26. The van der Waals surface area contributed by atoms with Crippen molar-refractivity contribution in [3.63, 3.8) is 0 Å². The van der Waals surface area contributed by atoms with Gasteiger partial charge in [0.05, 0.1) is 18.2 Å². The molecule has 1 aliphatic rings. The van der Waals surface area contributed by atoms with Gasteiger partial charge >= 0.3 is 0 Å². The van der Waals surface area contributed by atoms with E-state index in [2.05, 4.69) is 43.1 Å². The molecule has 7 nitrogen and oxygen atoms in total. The van der Waals surface area contributed by atoms with Crippen LogP contribution in [-0.4, -0.2) is 43.6 Å². The molecule has 4 heterocycles. The number of aryl methyl sites for hydroxylation is 1. The lowest BCUT2D eigenvalue weighted by atomic mass is 10.2. The quantitative estimate of drug-likeness (QED) is 0.794. The van der Waals surface area contributed by atoms with Gasteiger partial charge in [0.25, 0.3) is 0 Å². The van der Waals surface area contributed by atoms with Crippen LogP contribution < -0.4 is 10.2 Å². The SMILES string of the molecule is CCn1cnc2c(NC3CCN(c4cccnc4)C3)ncnc21. The van der Waals surface area contributed by atoms with Gasteiger partial charge in [-0.3, -0.25) is 4.98 Å². The predicted octanol–water partition coefficient (Wildman–Crippen LogP) is 1.93. The largest absolute Gasteiger partial charge is 0.368 e. The molecular weight excluding hydrogens is 290 g/mol. The van der Waals surface area contributed by atoms with Gasteiger partial charge in [-0.2, -0.15) is 0 Å². The van der Waals surface area contributed by atoms with Gasteiger partial charge in [-0.05, 0) is 25.5 Å². The van der Waals surface area contributed by atoms with E-state index in [1.54, 1.807) is 12.5 Å². The third-order valence-electron chi connectivity index (χ3n) is 4.28. The number of anilines is 2. The summed E-state index contributed by atoms with van der Waals surface area (Å²) in [4.78, 5) is 19.7. The summed E-state index contributed by atoms with van der Waals surface area (Å²) in [5.74, 6) is 0.820. The maximum absolute atomic E-state index is 4.46. The van der Waals surface area contributed by atoms with Crippen LogP contribution in [0.3, 0.4) is 0 Å². The maximum Gasteiger partial charge on any atom is 0.165 e. The first-order valence-electron chi connectivity index (χ1n) is 7.92. The molecular formula is C16H19N7. The van der Waals surface area contributed by atoms with Crippen molar-refractivity contribution in [2.75, 3.05) is 23.3 Å². The average molecular weight is 309 g/mol. The number of imidazole rings is 1. The second-order valence-electron chi connectivity index (χ2n) is 5.71. The van der Waals surface area contributed by atoms with E-state index in [4.69, 9.17) is 0 Å². The van der Waals surface area contributed by atoms with Crippen molar-refractivity contribution in [2.45, 2.75) is 25.9 Å². The number of hydrogen-bond acceptors (Lipinski definition) is 6. The summed E-state index contributed by atoms with van der Waals surface area (Å²) < 4.78 is 2.03. The Morgan fingerprint density at radius 2 is 2.26 bits per heavy atom. The lowest BCUT2D eigenvalue weighted by Gasteiger charge is -2.18. The molecule has 1 aliphatic heterocycles. The van der Waals surface area contributed by atoms with Crippen molar-refractivity contribution in [2.24, 2.45) is 0 Å². The average Bonchev–Trinajstić information content (AvgIpc) is 3.23. The second kappa shape index (κ2) is 5.83. The fourth-order valence-electron chi connectivity index (χ4n) is 3.06. The summed E-state index contributed by atoms with van der Waals surface area (Å²) >= 11 is 0. The second-order valence-corrected chi connectivity index (χ2v) is 5.71. The van der Waals surface area contributed by atoms with Gasteiger partial charge in [0.15, 0.2) is 11.5 Å². The molecule has 0 bridgehead atoms. The van der Waals surface area contributed by atoms with E-state index in [0.717, 1.165) is 43.0 Å². The summed E-state index contributed by atoms with van der Waals surface area (Å²) in [5.41, 5.74) is 2.89. The Morgan fingerprint density at radius 1 is 1.30 bits per heavy atom. The van der Waals surface area contributed by atoms with Crippen molar-refractivity contribution in [1.29, 1.82) is 0 Å². The minimum absolute atomic E-state index is 0.347. The van der Waals surface area contributed by atoms with E-state index in [1.165, 1.54) is 5.69 Å². The first-order valence-corrected chi connectivity index (χ1v) is 7.92. The Labute approximate surface area is 134 Å². The fourth-order valence-corrected chi connectivity index (χ4v) is 3.06. The molecule has 0 radical (unpaired) electrons. The summed E-state index contributed by atoms with van der Waals surface area (Å²) in [6.45, 7) is 4.89. The zero-order valence-corrected chi connectivity index (χ0v) is 13.1. The molecule has 7 heteroatoms. The normalized spacial score (nSPS) is 17.8. The topological polar surface area (TPSA) is 71.8 Å². The highest BCUT2D eigenvalue weighted by atomic mass is 15.2. The van der Waals surface area contributed by atoms with Gasteiger partial charge in [-0.25, -0.2) is 15.0 Å². The van der Waals surface area contributed by atoms with Gasteiger partial charge in [0, 0.05) is 31.9 Å². The smallest absolute Gasteiger partial charge is 0.165 e. The Kier molecular flexibility index (Phi) is 3.53. The first kappa shape index (κ1) is 13.9. The number of aromatic nitrogens is 5. The Bertz CT molecular complexity index is 799. The summed E-state index contributed by atoms with van der Waals surface area (Å²) in [6, 6.07) is 4.42. The third kappa shape index (κ3) is 2.58. The van der Waals surface area contributed by atoms with E-state index >= 15 is 0 Å². The van der Waals surface area contributed by atoms with Gasteiger partial charge in [-0.1, -0.05) is 0 Å². The Hall–Kier alpha value is -2.70. The van der Waals surface area contributed by atoms with Crippen LogP contribution in [0.1, 0.15) is 13.3 Å². The molecule has 3 aromatic rings. The minimum Gasteiger partial charge on any atom is -0.368 e. The number of nitrogens with zero attached hydrogens (tertiary/aromatic N) is 6. The molecule has 4 rings (SSSR count). The highest BCUT2D eigenvalue weighted by Gasteiger charge is 2.24.